The minimum absolute atomic E-state index is 0.334. The molecule has 60 valence electrons. The largest absolute Gasteiger partial charge is 0.345 e. The lowest BCUT2D eigenvalue weighted by molar-refractivity contribution is 1.34. The summed E-state index contributed by atoms with van der Waals surface area (Å²) in [5.41, 5.74) is 2.03. The summed E-state index contributed by atoms with van der Waals surface area (Å²) in [6, 6.07) is 7.27. The molecule has 0 saturated carbocycles. The number of rotatable bonds is 0. The standard InChI is InChI=1S/C9H4N4/c10-3-6-1-2-8-9(7(6)4-11)13-5-12-8/h1-2,5H,(H,12,13). The minimum Gasteiger partial charge on any atom is -0.345 e. The number of benzene rings is 1. The van der Waals surface area contributed by atoms with Crippen molar-refractivity contribution < 1.29 is 0 Å². The lowest BCUT2D eigenvalue weighted by Crippen LogP contribution is -1.85. The van der Waals surface area contributed by atoms with E-state index in [1.165, 1.54) is 6.33 Å². The zero-order valence-electron chi connectivity index (χ0n) is 6.57. The van der Waals surface area contributed by atoms with Gasteiger partial charge in [0.05, 0.1) is 23.0 Å². The van der Waals surface area contributed by atoms with Crippen LogP contribution in [0.4, 0.5) is 0 Å². The Hall–Kier alpha value is -2.33. The van der Waals surface area contributed by atoms with Gasteiger partial charge < -0.3 is 4.98 Å². The third kappa shape index (κ3) is 0.935. The zero-order chi connectivity index (χ0) is 9.26. The van der Waals surface area contributed by atoms with Gasteiger partial charge in [-0.2, -0.15) is 10.5 Å². The van der Waals surface area contributed by atoms with Gasteiger partial charge >= 0.3 is 0 Å². The second kappa shape index (κ2) is 2.62. The number of fused-ring (bicyclic) bond motifs is 1. The SMILES string of the molecule is N#Cc1ccc2[nH]cnc2c1C#N. The van der Waals surface area contributed by atoms with E-state index >= 15 is 0 Å². The molecule has 0 saturated heterocycles. The van der Waals surface area contributed by atoms with Crippen LogP contribution in [0.15, 0.2) is 18.5 Å². The molecule has 0 spiro atoms. The molecule has 2 rings (SSSR count). The number of aromatic nitrogens is 2. The van der Waals surface area contributed by atoms with Gasteiger partial charge in [0.1, 0.15) is 17.7 Å². The highest BCUT2D eigenvalue weighted by atomic mass is 14.9. The number of imidazole rings is 1. The van der Waals surface area contributed by atoms with Gasteiger partial charge in [0, 0.05) is 0 Å². The van der Waals surface area contributed by atoms with Crippen LogP contribution >= 0.6 is 0 Å². The lowest BCUT2D eigenvalue weighted by atomic mass is 10.1. The molecule has 0 fully saturated rings. The summed E-state index contributed by atoms with van der Waals surface area (Å²) in [5.74, 6) is 0. The molecule has 0 aliphatic rings. The molecule has 1 aromatic heterocycles. The predicted molar refractivity (Wildman–Crippen MR) is 45.5 cm³/mol. The van der Waals surface area contributed by atoms with Gasteiger partial charge in [0.15, 0.2) is 0 Å². The van der Waals surface area contributed by atoms with E-state index in [4.69, 9.17) is 10.5 Å². The molecule has 0 aliphatic heterocycles. The van der Waals surface area contributed by atoms with E-state index in [1.54, 1.807) is 12.1 Å². The van der Waals surface area contributed by atoms with E-state index in [2.05, 4.69) is 9.97 Å². The van der Waals surface area contributed by atoms with Crippen molar-refractivity contribution in [3.8, 4) is 12.1 Å². The lowest BCUT2D eigenvalue weighted by Gasteiger charge is -1.93. The third-order valence-corrected chi connectivity index (χ3v) is 1.82. The Bertz CT molecular complexity index is 539. The van der Waals surface area contributed by atoms with Crippen molar-refractivity contribution in [2.24, 2.45) is 0 Å². The molecule has 13 heavy (non-hydrogen) atoms. The van der Waals surface area contributed by atoms with Crippen molar-refractivity contribution in [3.63, 3.8) is 0 Å². The Morgan fingerprint density at radius 3 is 2.77 bits per heavy atom. The highest BCUT2D eigenvalue weighted by molar-refractivity contribution is 5.83. The molecule has 1 aromatic carbocycles. The number of aromatic amines is 1. The van der Waals surface area contributed by atoms with Crippen LogP contribution in [0, 0.1) is 22.7 Å². The smallest absolute Gasteiger partial charge is 0.107 e. The summed E-state index contributed by atoms with van der Waals surface area (Å²) in [4.78, 5) is 6.84. The fourth-order valence-electron chi connectivity index (χ4n) is 1.21. The first-order valence-electron chi connectivity index (χ1n) is 3.63. The first kappa shape index (κ1) is 7.33. The van der Waals surface area contributed by atoms with Gasteiger partial charge in [-0.15, -0.1) is 0 Å². The van der Waals surface area contributed by atoms with Crippen LogP contribution in [0.2, 0.25) is 0 Å². The quantitative estimate of drug-likeness (QED) is 0.644. The van der Waals surface area contributed by atoms with Crippen molar-refractivity contribution in [2.75, 3.05) is 0 Å². The van der Waals surface area contributed by atoms with E-state index in [9.17, 15) is 0 Å². The fraction of sp³-hybridized carbons (Fsp3) is 0. The van der Waals surface area contributed by atoms with Crippen LogP contribution < -0.4 is 0 Å². The van der Waals surface area contributed by atoms with Gasteiger partial charge in [0.2, 0.25) is 0 Å². The molecule has 4 heteroatoms. The predicted octanol–water partition coefficient (Wildman–Crippen LogP) is 1.31. The van der Waals surface area contributed by atoms with Gasteiger partial charge in [0.25, 0.3) is 0 Å². The third-order valence-electron chi connectivity index (χ3n) is 1.82. The van der Waals surface area contributed by atoms with E-state index in [1.807, 2.05) is 12.1 Å². The molecular formula is C9H4N4. The molecule has 0 radical (unpaired) electrons. The van der Waals surface area contributed by atoms with Crippen LogP contribution in [0.3, 0.4) is 0 Å². The number of nitriles is 2. The number of nitrogens with one attached hydrogen (secondary N) is 1. The monoisotopic (exact) mass is 168 g/mol. The Balaban J connectivity index is 2.94. The summed E-state index contributed by atoms with van der Waals surface area (Å²) in [7, 11) is 0. The van der Waals surface area contributed by atoms with E-state index < -0.39 is 0 Å². The average molecular weight is 168 g/mol. The molecule has 0 aliphatic carbocycles. The molecule has 0 atom stereocenters. The van der Waals surface area contributed by atoms with Crippen LogP contribution in [0.5, 0.6) is 0 Å². The Morgan fingerprint density at radius 2 is 2.08 bits per heavy atom. The maximum Gasteiger partial charge on any atom is 0.107 e. The number of nitrogens with zero attached hydrogens (tertiary/aromatic N) is 3. The Morgan fingerprint density at radius 1 is 1.23 bits per heavy atom. The topological polar surface area (TPSA) is 76.3 Å². The second-order valence-electron chi connectivity index (χ2n) is 2.51. The molecule has 0 unspecified atom stereocenters. The summed E-state index contributed by atoms with van der Waals surface area (Å²) in [5, 5.41) is 17.5. The molecule has 4 nitrogen and oxygen atoms in total. The fourth-order valence-corrected chi connectivity index (χ4v) is 1.21. The highest BCUT2D eigenvalue weighted by Crippen LogP contribution is 2.17. The Labute approximate surface area is 74.1 Å². The van der Waals surface area contributed by atoms with E-state index in [-0.39, 0.29) is 0 Å². The number of hydrogen-bond donors (Lipinski definition) is 1. The molecule has 1 heterocycles. The Kier molecular flexibility index (Phi) is 1.47. The van der Waals surface area contributed by atoms with E-state index in [0.29, 0.717) is 16.6 Å². The van der Waals surface area contributed by atoms with Gasteiger partial charge in [-0.3, -0.25) is 0 Å². The first-order chi connectivity index (χ1) is 6.36. The first-order valence-corrected chi connectivity index (χ1v) is 3.63. The van der Waals surface area contributed by atoms with Crippen LogP contribution in [-0.2, 0) is 0 Å². The van der Waals surface area contributed by atoms with E-state index in [0.717, 1.165) is 5.52 Å². The number of hydrogen-bond acceptors (Lipinski definition) is 3. The summed E-state index contributed by atoms with van der Waals surface area (Å²) in [6.45, 7) is 0. The molecule has 0 amide bonds. The van der Waals surface area contributed by atoms with Crippen molar-refractivity contribution in [1.82, 2.24) is 9.97 Å². The maximum absolute atomic E-state index is 8.81. The van der Waals surface area contributed by atoms with Gasteiger partial charge in [-0.1, -0.05) is 0 Å². The second-order valence-corrected chi connectivity index (χ2v) is 2.51. The summed E-state index contributed by atoms with van der Waals surface area (Å²) < 4.78 is 0. The van der Waals surface area contributed by atoms with Crippen molar-refractivity contribution in [1.29, 1.82) is 10.5 Å². The average Bonchev–Trinajstić information content (AvgIpc) is 2.63. The highest BCUT2D eigenvalue weighted by Gasteiger charge is 2.07. The van der Waals surface area contributed by atoms with Crippen LogP contribution in [0.1, 0.15) is 11.1 Å². The van der Waals surface area contributed by atoms with Crippen LogP contribution in [0.25, 0.3) is 11.0 Å². The molecule has 2 aromatic rings. The van der Waals surface area contributed by atoms with Crippen molar-refractivity contribution in [3.05, 3.63) is 29.6 Å². The molecule has 0 bridgehead atoms. The van der Waals surface area contributed by atoms with Gasteiger partial charge in [-0.25, -0.2) is 4.98 Å². The van der Waals surface area contributed by atoms with Crippen molar-refractivity contribution >= 4 is 11.0 Å². The van der Waals surface area contributed by atoms with Crippen LogP contribution in [-0.4, -0.2) is 9.97 Å². The molecular weight excluding hydrogens is 164 g/mol. The summed E-state index contributed by atoms with van der Waals surface area (Å²) >= 11 is 0. The number of H-pyrrole nitrogens is 1. The summed E-state index contributed by atoms with van der Waals surface area (Å²) in [6.07, 6.45) is 1.51. The maximum atomic E-state index is 8.81. The molecule has 1 N–H and O–H groups in total. The normalized spacial score (nSPS) is 9.38. The van der Waals surface area contributed by atoms with Gasteiger partial charge in [-0.05, 0) is 12.1 Å². The van der Waals surface area contributed by atoms with Crippen molar-refractivity contribution in [2.45, 2.75) is 0 Å². The minimum atomic E-state index is 0.334. The zero-order valence-corrected chi connectivity index (χ0v) is 6.57.